The van der Waals surface area contributed by atoms with E-state index in [4.69, 9.17) is 9.97 Å². The van der Waals surface area contributed by atoms with E-state index in [0.29, 0.717) is 37.1 Å². The number of carbonyl (C=O) groups is 2. The maximum atomic E-state index is 13.1. The Kier molecular flexibility index (Phi) is 10.6. The van der Waals surface area contributed by atoms with Crippen molar-refractivity contribution in [2.75, 3.05) is 63.0 Å². The van der Waals surface area contributed by atoms with E-state index in [1.165, 1.54) is 12.5 Å². The van der Waals surface area contributed by atoms with Gasteiger partial charge in [0, 0.05) is 51.3 Å². The van der Waals surface area contributed by atoms with Gasteiger partial charge in [-0.3, -0.25) is 14.5 Å². The second kappa shape index (κ2) is 14.6. The van der Waals surface area contributed by atoms with E-state index in [0.717, 1.165) is 57.6 Å². The van der Waals surface area contributed by atoms with E-state index in [-0.39, 0.29) is 17.7 Å². The summed E-state index contributed by atoms with van der Waals surface area (Å²) in [7, 11) is 0. The van der Waals surface area contributed by atoms with E-state index in [1.54, 1.807) is 6.07 Å². The molecule has 1 saturated heterocycles. The van der Waals surface area contributed by atoms with E-state index in [2.05, 4.69) is 69.1 Å². The molecule has 0 radical (unpaired) electrons. The number of allylic oxidation sites excluding steroid dienone is 4. The number of benzene rings is 1. The van der Waals surface area contributed by atoms with Gasteiger partial charge >= 0.3 is 0 Å². The van der Waals surface area contributed by atoms with Gasteiger partial charge in [0.05, 0.1) is 6.54 Å². The molecule has 0 spiro atoms. The Hall–Kier alpha value is -3.56. The summed E-state index contributed by atoms with van der Waals surface area (Å²) < 4.78 is 0. The van der Waals surface area contributed by atoms with Gasteiger partial charge in [-0.25, -0.2) is 9.97 Å². The number of anilines is 2. The van der Waals surface area contributed by atoms with Gasteiger partial charge in [-0.1, -0.05) is 55.5 Å². The van der Waals surface area contributed by atoms with Crippen LogP contribution < -0.4 is 16.0 Å². The first-order valence-corrected chi connectivity index (χ1v) is 14.0. The summed E-state index contributed by atoms with van der Waals surface area (Å²) in [6, 6.07) is 12.4. The van der Waals surface area contributed by atoms with Crippen molar-refractivity contribution >= 4 is 29.0 Å². The molecule has 1 unspecified atom stereocenters. The molecule has 1 aliphatic carbocycles. The van der Waals surface area contributed by atoms with E-state index >= 15 is 0 Å². The third kappa shape index (κ3) is 9.30. The Balaban J connectivity index is 1.34. The van der Waals surface area contributed by atoms with Crippen molar-refractivity contribution in [3.63, 3.8) is 0 Å². The second-order valence-corrected chi connectivity index (χ2v) is 10.3. The van der Waals surface area contributed by atoms with Crippen LogP contribution in [0.3, 0.4) is 0 Å². The molecule has 9 nitrogen and oxygen atoms in total. The first-order chi connectivity index (χ1) is 19.0. The molecule has 2 aliphatic rings. The Morgan fingerprint density at radius 3 is 2.56 bits per heavy atom. The molecule has 0 bridgehead atoms. The van der Waals surface area contributed by atoms with Crippen molar-refractivity contribution < 1.29 is 9.59 Å². The first kappa shape index (κ1) is 28.4. The number of nitrogens with zero attached hydrogens (tertiary/aromatic N) is 4. The van der Waals surface area contributed by atoms with Crippen LogP contribution in [0.2, 0.25) is 0 Å². The summed E-state index contributed by atoms with van der Waals surface area (Å²) >= 11 is 0. The van der Waals surface area contributed by atoms with Crippen LogP contribution in [0.5, 0.6) is 0 Å². The number of rotatable bonds is 11. The Labute approximate surface area is 231 Å². The Bertz CT molecular complexity index is 1170. The summed E-state index contributed by atoms with van der Waals surface area (Å²) in [5, 5.41) is 9.03. The van der Waals surface area contributed by atoms with Gasteiger partial charge < -0.3 is 20.9 Å². The van der Waals surface area contributed by atoms with Gasteiger partial charge in [0.1, 0.15) is 11.6 Å². The Morgan fingerprint density at radius 2 is 1.77 bits per heavy atom. The topological polar surface area (TPSA) is 102 Å². The average molecular weight is 532 g/mol. The monoisotopic (exact) mass is 531 g/mol. The minimum Gasteiger partial charge on any atom is -0.368 e. The van der Waals surface area contributed by atoms with Crippen LogP contribution >= 0.6 is 0 Å². The van der Waals surface area contributed by atoms with Gasteiger partial charge in [-0.2, -0.15) is 0 Å². The minimum atomic E-state index is -0.0767. The van der Waals surface area contributed by atoms with Crippen LogP contribution in [0.25, 0.3) is 5.57 Å². The van der Waals surface area contributed by atoms with Gasteiger partial charge in [0.2, 0.25) is 11.8 Å². The molecule has 3 N–H and O–H groups in total. The smallest absolute Gasteiger partial charge is 0.239 e. The molecular formula is C30H41N7O2. The number of hydrogen-bond acceptors (Lipinski definition) is 7. The third-order valence-corrected chi connectivity index (χ3v) is 7.10. The maximum absolute atomic E-state index is 13.1. The molecule has 2 amide bonds. The van der Waals surface area contributed by atoms with Crippen molar-refractivity contribution in [2.45, 2.75) is 33.1 Å². The molecule has 1 aromatic heterocycles. The van der Waals surface area contributed by atoms with Crippen LogP contribution in [0.4, 0.5) is 11.6 Å². The average Bonchev–Trinajstić information content (AvgIpc) is 3.15. The largest absolute Gasteiger partial charge is 0.368 e. The van der Waals surface area contributed by atoms with Crippen LogP contribution in [-0.4, -0.2) is 83.9 Å². The lowest BCUT2D eigenvalue weighted by molar-refractivity contribution is -0.119. The standard InChI is InChI=1S/C30H41N7O2/c1-23-9-6-7-12-26(23)30-34-27(32-15-14-31-24(2)38)21-28(35-30)33-29(39)22-37-17-8-16-36(19-20-37)18-13-25-10-4-3-5-11-25/h3-7,10-12,21,23H,8-9,13-20,22H2,1-2H3,(H,31,38)(H2,32,33,34,35,39). The summed E-state index contributed by atoms with van der Waals surface area (Å²) in [6.07, 6.45) is 9.21. The molecule has 2 aromatic rings. The fourth-order valence-electron chi connectivity index (χ4n) is 4.92. The lowest BCUT2D eigenvalue weighted by atomic mass is 9.93. The Morgan fingerprint density at radius 1 is 1.00 bits per heavy atom. The molecule has 9 heteroatoms. The van der Waals surface area contributed by atoms with Gasteiger partial charge in [0.25, 0.3) is 0 Å². The van der Waals surface area contributed by atoms with E-state index in [9.17, 15) is 9.59 Å². The molecule has 4 rings (SSSR count). The van der Waals surface area contributed by atoms with Crippen LogP contribution in [0, 0.1) is 5.92 Å². The first-order valence-electron chi connectivity index (χ1n) is 14.0. The van der Waals surface area contributed by atoms with E-state index < -0.39 is 0 Å². The predicted octanol–water partition coefficient (Wildman–Crippen LogP) is 3.19. The fraction of sp³-hybridized carbons (Fsp3) is 0.467. The molecule has 39 heavy (non-hydrogen) atoms. The molecular weight excluding hydrogens is 490 g/mol. The van der Waals surface area contributed by atoms with Crippen LogP contribution in [0.15, 0.2) is 54.6 Å². The third-order valence-electron chi connectivity index (χ3n) is 7.10. The van der Waals surface area contributed by atoms with Crippen molar-refractivity contribution in [1.29, 1.82) is 0 Å². The molecule has 2 heterocycles. The maximum Gasteiger partial charge on any atom is 0.239 e. The highest BCUT2D eigenvalue weighted by Gasteiger charge is 2.20. The zero-order valence-corrected chi connectivity index (χ0v) is 23.2. The second-order valence-electron chi connectivity index (χ2n) is 10.3. The highest BCUT2D eigenvalue weighted by atomic mass is 16.2. The number of aromatic nitrogens is 2. The van der Waals surface area contributed by atoms with Crippen molar-refractivity contribution in [3.05, 3.63) is 66.0 Å². The highest BCUT2D eigenvalue weighted by molar-refractivity contribution is 5.91. The number of hydrogen-bond donors (Lipinski definition) is 3. The van der Waals surface area contributed by atoms with Crippen LogP contribution in [-0.2, 0) is 16.0 Å². The normalized spacial score (nSPS) is 18.2. The summed E-state index contributed by atoms with van der Waals surface area (Å²) in [6.45, 7) is 9.79. The zero-order valence-electron chi connectivity index (χ0n) is 23.2. The lowest BCUT2D eigenvalue weighted by Crippen LogP contribution is -2.37. The number of carbonyl (C=O) groups excluding carboxylic acids is 2. The predicted molar refractivity (Wildman–Crippen MR) is 156 cm³/mol. The van der Waals surface area contributed by atoms with Gasteiger partial charge in [0.15, 0.2) is 5.82 Å². The number of amides is 2. The summed E-state index contributed by atoms with van der Waals surface area (Å²) in [5.74, 6) is 1.84. The van der Waals surface area contributed by atoms with Crippen molar-refractivity contribution in [1.82, 2.24) is 25.1 Å². The summed E-state index contributed by atoms with van der Waals surface area (Å²) in [4.78, 5) is 38.4. The highest BCUT2D eigenvalue weighted by Crippen LogP contribution is 2.28. The minimum absolute atomic E-state index is 0.0751. The SMILES string of the molecule is CC(=O)NCCNc1cc(NC(=O)CN2CCCN(CCc3ccccc3)CC2)nc(C2=CC=CCC2C)n1. The zero-order chi connectivity index (χ0) is 27.5. The fourth-order valence-corrected chi connectivity index (χ4v) is 4.92. The molecule has 1 atom stereocenters. The van der Waals surface area contributed by atoms with Crippen molar-refractivity contribution in [2.24, 2.45) is 5.92 Å². The molecule has 0 saturated carbocycles. The van der Waals surface area contributed by atoms with Gasteiger partial charge in [-0.05, 0) is 43.8 Å². The molecule has 1 aromatic carbocycles. The van der Waals surface area contributed by atoms with Crippen molar-refractivity contribution in [3.8, 4) is 0 Å². The summed E-state index contributed by atoms with van der Waals surface area (Å²) in [5.41, 5.74) is 2.40. The van der Waals surface area contributed by atoms with Crippen LogP contribution in [0.1, 0.15) is 38.1 Å². The molecule has 1 aliphatic heterocycles. The molecule has 1 fully saturated rings. The quantitative estimate of drug-likeness (QED) is 0.383. The van der Waals surface area contributed by atoms with Gasteiger partial charge in [-0.15, -0.1) is 0 Å². The lowest BCUT2D eigenvalue weighted by Gasteiger charge is -2.21. The van der Waals surface area contributed by atoms with E-state index in [1.807, 2.05) is 12.2 Å². The molecule has 208 valence electrons. The number of nitrogens with one attached hydrogen (secondary N) is 3.